The Morgan fingerprint density at radius 1 is 1.03 bits per heavy atom. The van der Waals surface area contributed by atoms with Crippen LogP contribution < -0.4 is 14.5 Å². The average molecular weight is 546 g/mol. The molecule has 0 bridgehead atoms. The lowest BCUT2D eigenvalue weighted by Gasteiger charge is -2.36. The van der Waals surface area contributed by atoms with Crippen LogP contribution in [0.5, 0.6) is 5.75 Å². The predicted octanol–water partition coefficient (Wildman–Crippen LogP) is 5.33. The van der Waals surface area contributed by atoms with Gasteiger partial charge < -0.3 is 14.4 Å². The fourth-order valence-corrected chi connectivity index (χ4v) is 4.99. The molecular formula is C28H33Cl2N3O4. The lowest BCUT2D eigenvalue weighted by Crippen LogP contribution is -2.46. The molecule has 0 unspecified atom stereocenters. The molecule has 0 saturated carbocycles. The van der Waals surface area contributed by atoms with E-state index >= 15 is 0 Å². The van der Waals surface area contributed by atoms with Gasteiger partial charge in [-0.05, 0) is 56.5 Å². The lowest BCUT2D eigenvalue weighted by molar-refractivity contribution is -0.139. The summed E-state index contributed by atoms with van der Waals surface area (Å²) in [5.74, 6) is 0.121. The van der Waals surface area contributed by atoms with Crippen molar-refractivity contribution in [3.8, 4) is 5.75 Å². The highest BCUT2D eigenvalue weighted by atomic mass is 35.5. The maximum atomic E-state index is 12.5. The second-order valence-corrected chi connectivity index (χ2v) is 10.2. The molecule has 2 aromatic carbocycles. The van der Waals surface area contributed by atoms with Crippen molar-refractivity contribution in [3.05, 3.63) is 64.2 Å². The van der Waals surface area contributed by atoms with Crippen LogP contribution in [-0.2, 0) is 20.7 Å². The molecule has 2 aromatic rings. The highest BCUT2D eigenvalue weighted by molar-refractivity contribution is 6.43. The number of carbonyl (C=O) groups is 2. The first kappa shape index (κ1) is 27.3. The Morgan fingerprint density at radius 2 is 1.81 bits per heavy atom. The minimum absolute atomic E-state index is 0.0723. The van der Waals surface area contributed by atoms with E-state index in [0.717, 1.165) is 62.5 Å². The number of fused-ring (bicyclic) bond motifs is 1. The first-order valence-electron chi connectivity index (χ1n) is 12.6. The number of halogens is 2. The summed E-state index contributed by atoms with van der Waals surface area (Å²) in [4.78, 5) is 30.5. The lowest BCUT2D eigenvalue weighted by atomic mass is 10.0. The molecule has 0 spiro atoms. The molecule has 7 nitrogen and oxygen atoms in total. The number of benzene rings is 2. The topological polar surface area (TPSA) is 62.3 Å². The molecular weight excluding hydrogens is 513 g/mol. The summed E-state index contributed by atoms with van der Waals surface area (Å²) in [5.41, 5.74) is 3.08. The van der Waals surface area contributed by atoms with E-state index in [0.29, 0.717) is 40.8 Å². The van der Waals surface area contributed by atoms with Crippen molar-refractivity contribution in [2.75, 3.05) is 55.9 Å². The molecule has 0 aromatic heterocycles. The second kappa shape index (κ2) is 12.7. The summed E-state index contributed by atoms with van der Waals surface area (Å²) in [6.45, 7) is 10.4. The number of esters is 1. The number of hydrogen-bond donors (Lipinski definition) is 0. The number of anilines is 2. The van der Waals surface area contributed by atoms with Crippen molar-refractivity contribution in [1.29, 1.82) is 0 Å². The van der Waals surface area contributed by atoms with Crippen LogP contribution in [0.25, 0.3) is 0 Å². The van der Waals surface area contributed by atoms with E-state index in [-0.39, 0.29) is 12.6 Å². The van der Waals surface area contributed by atoms with Gasteiger partial charge in [-0.3, -0.25) is 14.6 Å². The van der Waals surface area contributed by atoms with Crippen molar-refractivity contribution in [2.45, 2.75) is 32.6 Å². The minimum atomic E-state index is -0.512. The van der Waals surface area contributed by atoms with E-state index in [1.165, 1.54) is 4.90 Å². The average Bonchev–Trinajstić information content (AvgIpc) is 2.89. The molecule has 0 aliphatic carbocycles. The molecule has 2 aliphatic heterocycles. The highest BCUT2D eigenvalue weighted by Crippen LogP contribution is 2.33. The van der Waals surface area contributed by atoms with E-state index in [4.69, 9.17) is 32.7 Å². The van der Waals surface area contributed by atoms with Gasteiger partial charge in [0.15, 0.2) is 6.73 Å². The summed E-state index contributed by atoms with van der Waals surface area (Å²) in [6, 6.07) is 11.6. The van der Waals surface area contributed by atoms with Crippen molar-refractivity contribution < 1.29 is 19.1 Å². The number of piperazine rings is 1. The molecule has 1 fully saturated rings. The molecule has 0 atom stereocenters. The van der Waals surface area contributed by atoms with Crippen LogP contribution in [0, 0.1) is 0 Å². The van der Waals surface area contributed by atoms with E-state index in [2.05, 4.69) is 16.4 Å². The SMILES string of the molecule is C=C(C)C(=O)OCN1C(=O)CCc2ccc(OCCCCN3CCN(c4cccc(Cl)c4Cl)CC3)cc21. The zero-order valence-corrected chi connectivity index (χ0v) is 22.7. The Morgan fingerprint density at radius 3 is 2.57 bits per heavy atom. The molecule has 4 rings (SSSR count). The molecule has 198 valence electrons. The fraction of sp³-hybridized carbons (Fsp3) is 0.429. The maximum absolute atomic E-state index is 12.5. The van der Waals surface area contributed by atoms with E-state index in [1.54, 1.807) is 6.92 Å². The molecule has 0 N–H and O–H groups in total. The number of carbonyl (C=O) groups excluding carboxylic acids is 2. The Kier molecular flexibility index (Phi) is 9.35. The van der Waals surface area contributed by atoms with Crippen LogP contribution in [0.15, 0.2) is 48.6 Å². The highest BCUT2D eigenvalue weighted by Gasteiger charge is 2.26. The third-order valence-corrected chi connectivity index (χ3v) is 7.52. The normalized spacial score (nSPS) is 15.9. The number of ether oxygens (including phenoxy) is 2. The van der Waals surface area contributed by atoms with Crippen molar-refractivity contribution in [1.82, 2.24) is 4.90 Å². The van der Waals surface area contributed by atoms with Crippen molar-refractivity contribution in [3.63, 3.8) is 0 Å². The van der Waals surface area contributed by atoms with Crippen LogP contribution >= 0.6 is 23.2 Å². The molecule has 1 amide bonds. The summed E-state index contributed by atoms with van der Waals surface area (Å²) >= 11 is 12.6. The zero-order chi connectivity index (χ0) is 26.4. The van der Waals surface area contributed by atoms with Crippen molar-refractivity contribution >= 4 is 46.5 Å². The fourth-order valence-electron chi connectivity index (χ4n) is 4.57. The van der Waals surface area contributed by atoms with Gasteiger partial charge in [0.05, 0.1) is 28.0 Å². The van der Waals surface area contributed by atoms with Gasteiger partial charge in [0.25, 0.3) is 0 Å². The van der Waals surface area contributed by atoms with Gasteiger partial charge in [-0.15, -0.1) is 0 Å². The van der Waals surface area contributed by atoms with E-state index in [1.807, 2.05) is 36.4 Å². The summed E-state index contributed by atoms with van der Waals surface area (Å²) in [5, 5.41) is 1.21. The monoisotopic (exact) mass is 545 g/mol. The zero-order valence-electron chi connectivity index (χ0n) is 21.2. The Hall–Kier alpha value is -2.74. The van der Waals surface area contributed by atoms with Gasteiger partial charge in [-0.2, -0.15) is 0 Å². The van der Waals surface area contributed by atoms with Gasteiger partial charge in [0.1, 0.15) is 5.75 Å². The quantitative estimate of drug-likeness (QED) is 0.228. The van der Waals surface area contributed by atoms with Crippen LogP contribution in [0.3, 0.4) is 0 Å². The Bertz CT molecular complexity index is 1150. The first-order valence-corrected chi connectivity index (χ1v) is 13.4. The molecule has 2 aliphatic rings. The van der Waals surface area contributed by atoms with Crippen molar-refractivity contribution in [2.24, 2.45) is 0 Å². The maximum Gasteiger partial charge on any atom is 0.334 e. The van der Waals surface area contributed by atoms with Crippen LogP contribution in [0.1, 0.15) is 31.7 Å². The molecule has 37 heavy (non-hydrogen) atoms. The van der Waals surface area contributed by atoms with Gasteiger partial charge in [0, 0.05) is 44.2 Å². The standard InChI is InChI=1S/C28H33Cl2N3O4/c1-20(2)28(35)37-19-33-25-18-22(10-8-21(25)9-11-26(33)34)36-17-4-3-12-31-13-15-32(16-14-31)24-7-5-6-23(29)27(24)30/h5-8,10,18H,1,3-4,9,11-17,19H2,2H3. The van der Waals surface area contributed by atoms with E-state index < -0.39 is 5.97 Å². The smallest absolute Gasteiger partial charge is 0.334 e. The van der Waals surface area contributed by atoms with Gasteiger partial charge in [0.2, 0.25) is 5.91 Å². The third-order valence-electron chi connectivity index (χ3n) is 6.71. The van der Waals surface area contributed by atoms with Gasteiger partial charge in [-0.1, -0.05) is 41.9 Å². The van der Waals surface area contributed by atoms with Crippen LogP contribution in [-0.4, -0.2) is 62.8 Å². The third kappa shape index (κ3) is 6.98. The Labute approximate surface area is 228 Å². The van der Waals surface area contributed by atoms with Gasteiger partial charge >= 0.3 is 5.97 Å². The van der Waals surface area contributed by atoms with Crippen LogP contribution in [0.2, 0.25) is 10.0 Å². The molecule has 9 heteroatoms. The first-order chi connectivity index (χ1) is 17.8. The Balaban J connectivity index is 1.21. The predicted molar refractivity (Wildman–Crippen MR) is 148 cm³/mol. The molecule has 2 heterocycles. The number of amides is 1. The second-order valence-electron chi connectivity index (χ2n) is 9.41. The summed E-state index contributed by atoms with van der Waals surface area (Å²) in [6.07, 6.45) is 3.01. The minimum Gasteiger partial charge on any atom is -0.494 e. The number of aryl methyl sites for hydroxylation is 1. The molecule has 0 radical (unpaired) electrons. The number of unbranched alkanes of at least 4 members (excludes halogenated alkanes) is 1. The largest absolute Gasteiger partial charge is 0.494 e. The van der Waals surface area contributed by atoms with Crippen LogP contribution in [0.4, 0.5) is 11.4 Å². The van der Waals surface area contributed by atoms with E-state index in [9.17, 15) is 9.59 Å². The summed E-state index contributed by atoms with van der Waals surface area (Å²) in [7, 11) is 0. The van der Waals surface area contributed by atoms with Gasteiger partial charge in [-0.25, -0.2) is 4.79 Å². The summed E-state index contributed by atoms with van der Waals surface area (Å²) < 4.78 is 11.2. The molecule has 1 saturated heterocycles. The number of nitrogens with zero attached hydrogens (tertiary/aromatic N) is 3. The number of rotatable bonds is 10. The number of hydrogen-bond acceptors (Lipinski definition) is 6.